The van der Waals surface area contributed by atoms with Gasteiger partial charge in [-0.25, -0.2) is 8.78 Å². The van der Waals surface area contributed by atoms with Crippen molar-refractivity contribution in [1.82, 2.24) is 0 Å². The van der Waals surface area contributed by atoms with E-state index in [1.807, 2.05) is 0 Å². The molecule has 1 aromatic rings. The summed E-state index contributed by atoms with van der Waals surface area (Å²) in [5.74, 6) is -0.987. The average molecular weight is 220 g/mol. The summed E-state index contributed by atoms with van der Waals surface area (Å²) >= 11 is 0. The zero-order valence-electron chi connectivity index (χ0n) is 7.59. The molecule has 1 aromatic carbocycles. The first-order chi connectivity index (χ1) is 6.18. The Bertz CT molecular complexity index is 341. The molecule has 78 valence electrons. The molecule has 2 N–H and O–H groups in total. The third kappa shape index (κ3) is 1.88. The molecule has 1 nitrogen and oxygen atoms in total. The van der Waals surface area contributed by atoms with Crippen LogP contribution >= 0.6 is 12.4 Å². The first-order valence-corrected chi connectivity index (χ1v) is 4.42. The normalized spacial score (nSPS) is 19.8. The predicted molar refractivity (Wildman–Crippen MR) is 53.5 cm³/mol. The van der Waals surface area contributed by atoms with Gasteiger partial charge in [0.25, 0.3) is 0 Å². The van der Waals surface area contributed by atoms with Gasteiger partial charge in [-0.15, -0.1) is 12.4 Å². The van der Waals surface area contributed by atoms with Crippen LogP contribution in [0.5, 0.6) is 0 Å². The van der Waals surface area contributed by atoms with Crippen molar-refractivity contribution in [2.45, 2.75) is 25.3 Å². The molecule has 1 aliphatic rings. The van der Waals surface area contributed by atoms with Crippen LogP contribution in [0.15, 0.2) is 12.1 Å². The van der Waals surface area contributed by atoms with E-state index in [1.54, 1.807) is 0 Å². The van der Waals surface area contributed by atoms with E-state index in [4.69, 9.17) is 5.73 Å². The van der Waals surface area contributed by atoms with Crippen molar-refractivity contribution >= 4 is 12.4 Å². The molecule has 0 aliphatic heterocycles. The summed E-state index contributed by atoms with van der Waals surface area (Å²) in [5.41, 5.74) is 6.99. The highest BCUT2D eigenvalue weighted by molar-refractivity contribution is 5.85. The molecule has 14 heavy (non-hydrogen) atoms. The van der Waals surface area contributed by atoms with Crippen molar-refractivity contribution in [1.29, 1.82) is 0 Å². The predicted octanol–water partition coefficient (Wildman–Crippen LogP) is 2.72. The lowest BCUT2D eigenvalue weighted by atomic mass is 9.88. The maximum Gasteiger partial charge on any atom is 0.129 e. The average Bonchev–Trinajstić information content (AvgIpc) is 2.07. The van der Waals surface area contributed by atoms with Crippen LogP contribution in [0, 0.1) is 11.6 Å². The zero-order valence-corrected chi connectivity index (χ0v) is 8.41. The fourth-order valence-electron chi connectivity index (χ4n) is 1.87. The van der Waals surface area contributed by atoms with E-state index in [0.29, 0.717) is 17.5 Å². The number of fused-ring (bicyclic) bond motifs is 1. The molecule has 4 heteroatoms. The number of hydrogen-bond donors (Lipinski definition) is 1. The Labute approximate surface area is 87.7 Å². The van der Waals surface area contributed by atoms with Crippen LogP contribution in [0.3, 0.4) is 0 Å². The van der Waals surface area contributed by atoms with Gasteiger partial charge in [-0.2, -0.15) is 0 Å². The van der Waals surface area contributed by atoms with E-state index >= 15 is 0 Å². The Hall–Kier alpha value is -0.670. The van der Waals surface area contributed by atoms with Gasteiger partial charge in [0.2, 0.25) is 0 Å². The Morgan fingerprint density at radius 2 is 2.00 bits per heavy atom. The van der Waals surface area contributed by atoms with Gasteiger partial charge in [0, 0.05) is 12.1 Å². The monoisotopic (exact) mass is 219 g/mol. The zero-order chi connectivity index (χ0) is 9.42. The molecule has 1 atom stereocenters. The van der Waals surface area contributed by atoms with Gasteiger partial charge < -0.3 is 5.73 Å². The maximum atomic E-state index is 13.2. The number of benzene rings is 1. The minimum absolute atomic E-state index is 0. The second-order valence-corrected chi connectivity index (χ2v) is 3.45. The Morgan fingerprint density at radius 1 is 1.29 bits per heavy atom. The van der Waals surface area contributed by atoms with Crippen LogP contribution in [-0.2, 0) is 6.42 Å². The highest BCUT2D eigenvalue weighted by atomic mass is 35.5. The van der Waals surface area contributed by atoms with Gasteiger partial charge in [-0.05, 0) is 36.5 Å². The van der Waals surface area contributed by atoms with Crippen molar-refractivity contribution in [3.05, 3.63) is 34.9 Å². The van der Waals surface area contributed by atoms with Crippen molar-refractivity contribution in [2.75, 3.05) is 0 Å². The Morgan fingerprint density at radius 3 is 2.71 bits per heavy atom. The summed E-state index contributed by atoms with van der Waals surface area (Å²) in [4.78, 5) is 0. The van der Waals surface area contributed by atoms with Gasteiger partial charge in [0.05, 0.1) is 0 Å². The summed E-state index contributed by atoms with van der Waals surface area (Å²) in [6.45, 7) is 0. The molecular formula is C10H12ClF2N. The summed E-state index contributed by atoms with van der Waals surface area (Å²) in [5, 5.41) is 0. The van der Waals surface area contributed by atoms with Crippen molar-refractivity contribution in [2.24, 2.45) is 5.73 Å². The highest BCUT2D eigenvalue weighted by Gasteiger charge is 2.20. The van der Waals surface area contributed by atoms with E-state index < -0.39 is 11.6 Å². The molecule has 0 heterocycles. The second-order valence-electron chi connectivity index (χ2n) is 3.45. The summed E-state index contributed by atoms with van der Waals surface area (Å²) in [6, 6.07) is 2.08. The largest absolute Gasteiger partial charge is 0.324 e. The Balaban J connectivity index is 0.000000980. The van der Waals surface area contributed by atoms with Gasteiger partial charge in [0.1, 0.15) is 11.6 Å². The molecule has 0 radical (unpaired) electrons. The molecule has 0 amide bonds. The topological polar surface area (TPSA) is 26.0 Å². The molecule has 0 saturated carbocycles. The van der Waals surface area contributed by atoms with Crippen LogP contribution in [0.25, 0.3) is 0 Å². The molecular weight excluding hydrogens is 208 g/mol. The standard InChI is InChI=1S/C10H11F2N.ClH/c11-6-4-8-7(9(12)5-6)2-1-3-10(8)13;/h4-5,10H,1-3,13H2;1H. The van der Waals surface area contributed by atoms with Crippen molar-refractivity contribution in [3.63, 3.8) is 0 Å². The van der Waals surface area contributed by atoms with E-state index in [2.05, 4.69) is 0 Å². The quantitative estimate of drug-likeness (QED) is 0.714. The van der Waals surface area contributed by atoms with E-state index in [0.717, 1.165) is 18.9 Å². The van der Waals surface area contributed by atoms with Crippen LogP contribution in [0.4, 0.5) is 8.78 Å². The molecule has 2 rings (SSSR count). The molecule has 0 aromatic heterocycles. The third-order valence-electron chi connectivity index (χ3n) is 2.54. The van der Waals surface area contributed by atoms with Crippen LogP contribution < -0.4 is 5.73 Å². The number of hydrogen-bond acceptors (Lipinski definition) is 1. The van der Waals surface area contributed by atoms with E-state index in [9.17, 15) is 8.78 Å². The smallest absolute Gasteiger partial charge is 0.129 e. The first-order valence-electron chi connectivity index (χ1n) is 4.42. The molecule has 1 unspecified atom stereocenters. The number of nitrogens with two attached hydrogens (primary N) is 1. The van der Waals surface area contributed by atoms with Crippen molar-refractivity contribution in [3.8, 4) is 0 Å². The first kappa shape index (κ1) is 11.4. The lowest BCUT2D eigenvalue weighted by Gasteiger charge is -2.22. The molecule has 0 fully saturated rings. The number of halogens is 3. The van der Waals surface area contributed by atoms with E-state index in [-0.39, 0.29) is 18.4 Å². The van der Waals surface area contributed by atoms with Gasteiger partial charge in [-0.3, -0.25) is 0 Å². The lowest BCUT2D eigenvalue weighted by molar-refractivity contribution is 0.513. The molecule has 0 bridgehead atoms. The summed E-state index contributed by atoms with van der Waals surface area (Å²) in [7, 11) is 0. The lowest BCUT2D eigenvalue weighted by Crippen LogP contribution is -2.18. The molecule has 0 spiro atoms. The molecule has 1 aliphatic carbocycles. The van der Waals surface area contributed by atoms with Crippen LogP contribution in [0.1, 0.15) is 30.0 Å². The summed E-state index contributed by atoms with van der Waals surface area (Å²) < 4.78 is 26.0. The Kier molecular flexibility index (Phi) is 3.45. The highest BCUT2D eigenvalue weighted by Crippen LogP contribution is 2.30. The van der Waals surface area contributed by atoms with Crippen LogP contribution in [0.2, 0.25) is 0 Å². The van der Waals surface area contributed by atoms with Gasteiger partial charge in [0.15, 0.2) is 0 Å². The second kappa shape index (κ2) is 4.24. The molecule has 0 saturated heterocycles. The van der Waals surface area contributed by atoms with Gasteiger partial charge >= 0.3 is 0 Å². The SMILES string of the molecule is Cl.NC1CCCc2c(F)cc(F)cc21. The number of rotatable bonds is 0. The van der Waals surface area contributed by atoms with Crippen molar-refractivity contribution < 1.29 is 8.78 Å². The maximum absolute atomic E-state index is 13.2. The van der Waals surface area contributed by atoms with Gasteiger partial charge in [-0.1, -0.05) is 0 Å². The van der Waals surface area contributed by atoms with Crippen LogP contribution in [-0.4, -0.2) is 0 Å². The fourth-order valence-corrected chi connectivity index (χ4v) is 1.87. The van der Waals surface area contributed by atoms with E-state index in [1.165, 1.54) is 6.07 Å². The summed E-state index contributed by atoms with van der Waals surface area (Å²) in [6.07, 6.45) is 2.38. The fraction of sp³-hybridized carbons (Fsp3) is 0.400. The third-order valence-corrected chi connectivity index (χ3v) is 2.54. The minimum Gasteiger partial charge on any atom is -0.324 e. The minimum atomic E-state index is -0.534.